The molecule has 0 aromatic rings. The van der Waals surface area contributed by atoms with Crippen LogP contribution < -0.4 is 5.32 Å². The lowest BCUT2D eigenvalue weighted by atomic mass is 10.0. The maximum atomic E-state index is 13.5. The van der Waals surface area contributed by atoms with E-state index >= 15 is 0 Å². The number of allylic oxidation sites excluding steroid dienone is 15. The van der Waals surface area contributed by atoms with Crippen LogP contribution in [0.15, 0.2) is 97.2 Å². The van der Waals surface area contributed by atoms with Gasteiger partial charge in [-0.05, 0) is 102 Å². The summed E-state index contributed by atoms with van der Waals surface area (Å²) in [6.07, 6.45) is 65.5. The van der Waals surface area contributed by atoms with Crippen molar-refractivity contribution in [1.82, 2.24) is 5.32 Å². The molecule has 2 N–H and O–H groups in total. The lowest BCUT2D eigenvalue weighted by Crippen LogP contribution is -2.47. The molecule has 0 aromatic heterocycles. The number of nitrogens with zero attached hydrogens (tertiary/aromatic N) is 1. The second-order valence-electron chi connectivity index (χ2n) is 19.7. The molecular weight excluding hydrogens is 892 g/mol. The summed E-state index contributed by atoms with van der Waals surface area (Å²) < 4.78 is 30.5. The van der Waals surface area contributed by atoms with E-state index in [0.29, 0.717) is 23.9 Å². The zero-order valence-electron chi connectivity index (χ0n) is 45.7. The van der Waals surface area contributed by atoms with Gasteiger partial charge in [-0.2, -0.15) is 0 Å². The Morgan fingerprint density at radius 3 is 1.43 bits per heavy atom. The summed E-state index contributed by atoms with van der Waals surface area (Å²) in [5, 5.41) is 3.00. The molecule has 0 saturated heterocycles. The predicted molar refractivity (Wildman–Crippen MR) is 300 cm³/mol. The fraction of sp³-hybridized carbons (Fsp3) is 0.700. The number of nitrogens with one attached hydrogen (secondary N) is 1. The van der Waals surface area contributed by atoms with Gasteiger partial charge in [0.1, 0.15) is 19.3 Å². The van der Waals surface area contributed by atoms with Crippen LogP contribution in [0.1, 0.15) is 220 Å². The third kappa shape index (κ3) is 49.9. The molecule has 0 heterocycles. The minimum Gasteiger partial charge on any atom is -0.456 e. The minimum atomic E-state index is -4.47. The molecule has 402 valence electrons. The number of quaternary nitrogens is 1. The first-order valence-electron chi connectivity index (χ1n) is 28.1. The van der Waals surface area contributed by atoms with Gasteiger partial charge in [0.15, 0.2) is 0 Å². The predicted octanol–water partition coefficient (Wildman–Crippen LogP) is 16.8. The van der Waals surface area contributed by atoms with E-state index in [4.69, 9.17) is 13.8 Å². The number of amides is 1. The van der Waals surface area contributed by atoms with Crippen molar-refractivity contribution >= 4 is 19.7 Å². The Hall–Kier alpha value is -3.07. The topological polar surface area (TPSA) is 111 Å². The molecule has 70 heavy (non-hydrogen) atoms. The molecule has 0 bridgehead atoms. The number of rotatable bonds is 49. The van der Waals surface area contributed by atoms with Gasteiger partial charge < -0.3 is 19.4 Å². The van der Waals surface area contributed by atoms with Gasteiger partial charge in [-0.3, -0.25) is 18.6 Å². The Balaban J connectivity index is 5.53. The van der Waals surface area contributed by atoms with E-state index in [1.807, 2.05) is 33.3 Å². The molecule has 0 fully saturated rings. The van der Waals surface area contributed by atoms with Crippen LogP contribution in [0, 0.1) is 0 Å². The Morgan fingerprint density at radius 2 is 0.929 bits per heavy atom. The standard InChI is InChI=1S/C60H105N2O7P/c1-7-10-13-16-19-22-25-28-30-31-32-34-37-40-43-46-49-52-59(63)61-57(56-68-70(65,66)67-55-54-62(4,5)6)58(51-48-45-42-39-36-33-27-24-21-18-15-12-9-3)69-60(64)53-50-47-44-41-38-35-29-26-23-20-17-14-11-8-2/h11,14,19-20,22-23,28-30,32,34-35,40,43,48,51,57-58H,7-10,12-13,15-18,21,24-27,31,33,36-39,41-42,44-47,49-50,52-56H2,1-6H3,(H-,61,63,65,66)/p+1/b14-11+,22-19-,23-20+,30-28-,34-32-,35-29+,43-40-,51-48+. The fourth-order valence-electron chi connectivity index (χ4n) is 7.42. The third-order valence-electron chi connectivity index (χ3n) is 11.8. The molecule has 0 radical (unpaired) electrons. The van der Waals surface area contributed by atoms with Crippen LogP contribution >= 0.6 is 7.82 Å². The highest BCUT2D eigenvalue weighted by atomic mass is 31.2. The van der Waals surface area contributed by atoms with Crippen molar-refractivity contribution in [3.8, 4) is 0 Å². The van der Waals surface area contributed by atoms with E-state index in [1.54, 1.807) is 0 Å². The molecule has 0 aliphatic carbocycles. The summed E-state index contributed by atoms with van der Waals surface area (Å²) in [6, 6.07) is -0.890. The van der Waals surface area contributed by atoms with E-state index in [0.717, 1.165) is 89.9 Å². The largest absolute Gasteiger partial charge is 0.472 e. The molecule has 0 rings (SSSR count). The van der Waals surface area contributed by atoms with Gasteiger partial charge in [0.05, 0.1) is 33.8 Å². The third-order valence-corrected chi connectivity index (χ3v) is 12.7. The number of esters is 1. The summed E-state index contributed by atoms with van der Waals surface area (Å²) in [7, 11) is 1.43. The van der Waals surface area contributed by atoms with Crippen molar-refractivity contribution in [2.75, 3.05) is 40.9 Å². The molecule has 1 amide bonds. The minimum absolute atomic E-state index is 0.0217. The molecule has 0 aromatic carbocycles. The second kappa shape index (κ2) is 49.5. The Labute approximate surface area is 430 Å². The van der Waals surface area contributed by atoms with Crippen molar-refractivity contribution in [1.29, 1.82) is 0 Å². The number of phosphoric ester groups is 1. The molecular formula is C60H106N2O7P+. The molecule has 3 unspecified atom stereocenters. The number of hydrogen-bond donors (Lipinski definition) is 2. The molecule has 0 spiro atoms. The van der Waals surface area contributed by atoms with Gasteiger partial charge >= 0.3 is 13.8 Å². The number of ether oxygens (including phenoxy) is 1. The molecule has 0 aliphatic rings. The van der Waals surface area contributed by atoms with Crippen LogP contribution in [0.5, 0.6) is 0 Å². The summed E-state index contributed by atoms with van der Waals surface area (Å²) in [4.78, 5) is 37.5. The molecule has 0 aliphatic heterocycles. The summed E-state index contributed by atoms with van der Waals surface area (Å²) in [5.41, 5.74) is 0. The van der Waals surface area contributed by atoms with Gasteiger partial charge in [-0.25, -0.2) is 4.57 Å². The number of hydrogen-bond acceptors (Lipinski definition) is 6. The quantitative estimate of drug-likeness (QED) is 0.0205. The van der Waals surface area contributed by atoms with Crippen molar-refractivity contribution in [3.63, 3.8) is 0 Å². The number of carbonyl (C=O) groups excluding carboxylic acids is 2. The number of unbranched alkanes of at least 4 members (excludes halogenated alkanes) is 19. The van der Waals surface area contributed by atoms with Crippen molar-refractivity contribution < 1.29 is 37.3 Å². The fourth-order valence-corrected chi connectivity index (χ4v) is 8.15. The van der Waals surface area contributed by atoms with Crippen LogP contribution in [0.25, 0.3) is 0 Å². The van der Waals surface area contributed by atoms with E-state index < -0.39 is 20.0 Å². The molecule has 9 nitrogen and oxygen atoms in total. The smallest absolute Gasteiger partial charge is 0.456 e. The van der Waals surface area contributed by atoms with E-state index in [1.165, 1.54) is 83.5 Å². The van der Waals surface area contributed by atoms with Crippen LogP contribution in [0.3, 0.4) is 0 Å². The highest BCUT2D eigenvalue weighted by Crippen LogP contribution is 2.43. The van der Waals surface area contributed by atoms with Gasteiger partial charge in [0.25, 0.3) is 0 Å². The van der Waals surface area contributed by atoms with E-state index in [9.17, 15) is 19.0 Å². The second-order valence-corrected chi connectivity index (χ2v) is 21.2. The lowest BCUT2D eigenvalue weighted by Gasteiger charge is -2.27. The molecule has 3 atom stereocenters. The van der Waals surface area contributed by atoms with Crippen molar-refractivity contribution in [2.45, 2.75) is 232 Å². The Bertz CT molecular complexity index is 1520. The van der Waals surface area contributed by atoms with E-state index in [-0.39, 0.29) is 37.9 Å². The first-order valence-corrected chi connectivity index (χ1v) is 29.6. The number of likely N-dealkylation sites (N-methyl/N-ethyl adjacent to an activating group) is 1. The maximum Gasteiger partial charge on any atom is 0.472 e. The first kappa shape index (κ1) is 66.9. The summed E-state index contributed by atoms with van der Waals surface area (Å²) in [6.45, 7) is 6.79. The van der Waals surface area contributed by atoms with E-state index in [2.05, 4.69) is 111 Å². The lowest BCUT2D eigenvalue weighted by molar-refractivity contribution is -0.870. The van der Waals surface area contributed by atoms with Gasteiger partial charge in [0.2, 0.25) is 5.91 Å². The van der Waals surface area contributed by atoms with Crippen molar-refractivity contribution in [2.24, 2.45) is 0 Å². The number of phosphoric acid groups is 1. The molecule has 10 heteroatoms. The summed E-state index contributed by atoms with van der Waals surface area (Å²) >= 11 is 0. The summed E-state index contributed by atoms with van der Waals surface area (Å²) in [5.74, 6) is -0.604. The van der Waals surface area contributed by atoms with Crippen LogP contribution in [-0.2, 0) is 27.9 Å². The van der Waals surface area contributed by atoms with Crippen LogP contribution in [0.2, 0.25) is 0 Å². The van der Waals surface area contributed by atoms with Crippen molar-refractivity contribution in [3.05, 3.63) is 97.2 Å². The van der Waals surface area contributed by atoms with Gasteiger partial charge in [-0.15, -0.1) is 0 Å². The molecule has 0 saturated carbocycles. The highest BCUT2D eigenvalue weighted by molar-refractivity contribution is 7.47. The zero-order valence-corrected chi connectivity index (χ0v) is 46.6. The number of carbonyl (C=O) groups is 2. The maximum absolute atomic E-state index is 13.5. The normalized spacial score (nSPS) is 14.6. The first-order chi connectivity index (χ1) is 33.9. The van der Waals surface area contributed by atoms with Crippen LogP contribution in [0.4, 0.5) is 0 Å². The Kier molecular flexibility index (Phi) is 47.3. The average molecular weight is 998 g/mol. The zero-order chi connectivity index (χ0) is 51.5. The SMILES string of the molecule is CC/C=C/C/C=C/C/C=C/CCCCCCC(=O)OC(/C=C/CCCCCCCCCCCCC)C(COP(=O)(O)OCC[N+](C)(C)C)NC(=O)CCC/C=C\C/C=C\C/C=C\C/C=C\CCCCC. The van der Waals surface area contributed by atoms with Crippen LogP contribution in [-0.4, -0.2) is 74.3 Å². The highest BCUT2D eigenvalue weighted by Gasteiger charge is 2.30. The monoisotopic (exact) mass is 998 g/mol. The Morgan fingerprint density at radius 1 is 0.514 bits per heavy atom. The average Bonchev–Trinajstić information content (AvgIpc) is 3.32. The van der Waals surface area contributed by atoms with Gasteiger partial charge in [-0.1, -0.05) is 202 Å². The van der Waals surface area contributed by atoms with Gasteiger partial charge in [0, 0.05) is 12.8 Å².